The highest BCUT2D eigenvalue weighted by Crippen LogP contribution is 2.26. The summed E-state index contributed by atoms with van der Waals surface area (Å²) < 4.78 is 28.3. The van der Waals surface area contributed by atoms with Gasteiger partial charge in [-0.05, 0) is 23.8 Å². The van der Waals surface area contributed by atoms with Crippen LogP contribution in [-0.2, 0) is 6.54 Å². The van der Waals surface area contributed by atoms with Crippen molar-refractivity contribution in [2.24, 2.45) is 0 Å². The van der Waals surface area contributed by atoms with Crippen LogP contribution in [-0.4, -0.2) is 26.1 Å². The van der Waals surface area contributed by atoms with Crippen LogP contribution in [0, 0.1) is 11.6 Å². The van der Waals surface area contributed by atoms with Gasteiger partial charge in [-0.15, -0.1) is 5.10 Å². The average molecular weight is 350 g/mol. The molecule has 0 saturated carbocycles. The van der Waals surface area contributed by atoms with E-state index in [9.17, 15) is 18.7 Å². The number of carbonyl (C=O) groups is 1. The fourth-order valence-corrected chi connectivity index (χ4v) is 2.53. The number of benzene rings is 2. The topological polar surface area (TPSA) is 68.0 Å². The van der Waals surface area contributed by atoms with Crippen LogP contribution < -0.4 is 0 Å². The first-order chi connectivity index (χ1) is 11.5. The van der Waals surface area contributed by atoms with E-state index >= 15 is 0 Å². The molecule has 0 aliphatic carbocycles. The zero-order valence-corrected chi connectivity index (χ0v) is 12.8. The molecular formula is C16H10ClF2N3O2. The summed E-state index contributed by atoms with van der Waals surface area (Å²) in [6, 6.07) is 9.67. The van der Waals surface area contributed by atoms with E-state index in [1.807, 2.05) is 0 Å². The minimum Gasteiger partial charge on any atom is -0.476 e. The lowest BCUT2D eigenvalue weighted by molar-refractivity contribution is 0.0691. The molecule has 2 aromatic carbocycles. The number of hydrogen-bond acceptors (Lipinski definition) is 3. The summed E-state index contributed by atoms with van der Waals surface area (Å²) in [6.45, 7) is 0.105. The van der Waals surface area contributed by atoms with E-state index in [0.29, 0.717) is 16.7 Å². The minimum atomic E-state index is -1.35. The summed E-state index contributed by atoms with van der Waals surface area (Å²) in [5.74, 6) is -3.00. The van der Waals surface area contributed by atoms with Crippen LogP contribution in [0.4, 0.5) is 8.78 Å². The third kappa shape index (κ3) is 3.11. The molecule has 122 valence electrons. The predicted molar refractivity (Wildman–Crippen MR) is 82.9 cm³/mol. The lowest BCUT2D eigenvalue weighted by Gasteiger charge is -2.09. The van der Waals surface area contributed by atoms with Crippen molar-refractivity contribution in [1.82, 2.24) is 15.0 Å². The van der Waals surface area contributed by atoms with Crippen LogP contribution in [0.25, 0.3) is 11.3 Å². The van der Waals surface area contributed by atoms with Gasteiger partial charge >= 0.3 is 5.97 Å². The molecule has 0 bridgehead atoms. The van der Waals surface area contributed by atoms with Gasteiger partial charge in [-0.2, -0.15) is 0 Å². The molecule has 0 spiro atoms. The van der Waals surface area contributed by atoms with Crippen molar-refractivity contribution in [3.63, 3.8) is 0 Å². The lowest BCUT2D eigenvalue weighted by atomic mass is 10.1. The molecule has 0 saturated heterocycles. The van der Waals surface area contributed by atoms with E-state index in [1.165, 1.54) is 4.68 Å². The largest absolute Gasteiger partial charge is 0.476 e. The van der Waals surface area contributed by atoms with Crippen LogP contribution in [0.5, 0.6) is 0 Å². The molecule has 3 aromatic rings. The molecule has 24 heavy (non-hydrogen) atoms. The predicted octanol–water partition coefficient (Wildman–Crippen LogP) is 3.62. The number of aromatic carboxylic acids is 1. The first-order valence-electron chi connectivity index (χ1n) is 6.82. The monoisotopic (exact) mass is 349 g/mol. The van der Waals surface area contributed by atoms with Gasteiger partial charge in [0.25, 0.3) is 0 Å². The molecule has 3 rings (SSSR count). The Morgan fingerprint density at radius 1 is 1.17 bits per heavy atom. The smallest absolute Gasteiger partial charge is 0.358 e. The molecule has 0 radical (unpaired) electrons. The molecular weight excluding hydrogens is 340 g/mol. The van der Waals surface area contributed by atoms with Gasteiger partial charge in [0.05, 0.1) is 6.54 Å². The van der Waals surface area contributed by atoms with Crippen LogP contribution in [0.15, 0.2) is 42.5 Å². The van der Waals surface area contributed by atoms with E-state index in [4.69, 9.17) is 11.6 Å². The Morgan fingerprint density at radius 2 is 1.83 bits per heavy atom. The second kappa shape index (κ2) is 6.37. The quantitative estimate of drug-likeness (QED) is 0.781. The first kappa shape index (κ1) is 16.1. The molecule has 0 fully saturated rings. The van der Waals surface area contributed by atoms with Crippen LogP contribution in [0.2, 0.25) is 5.02 Å². The molecule has 1 aromatic heterocycles. The van der Waals surface area contributed by atoms with E-state index in [0.717, 1.165) is 12.1 Å². The Kier molecular flexibility index (Phi) is 4.26. The van der Waals surface area contributed by atoms with Gasteiger partial charge in [0.2, 0.25) is 0 Å². The van der Waals surface area contributed by atoms with E-state index in [1.54, 1.807) is 24.3 Å². The number of carboxylic acids is 1. The lowest BCUT2D eigenvalue weighted by Crippen LogP contribution is -2.07. The Labute approximate surface area is 140 Å². The van der Waals surface area contributed by atoms with Crippen LogP contribution in [0.1, 0.15) is 16.1 Å². The summed E-state index contributed by atoms with van der Waals surface area (Å²) in [7, 11) is 0. The van der Waals surface area contributed by atoms with Crippen molar-refractivity contribution in [3.05, 3.63) is 70.4 Å². The first-order valence-corrected chi connectivity index (χ1v) is 7.20. The third-order valence-electron chi connectivity index (χ3n) is 3.35. The Balaban J connectivity index is 2.14. The van der Waals surface area contributed by atoms with Crippen molar-refractivity contribution in [2.75, 3.05) is 0 Å². The standard InChI is InChI=1S/C16H10ClF2N3O2/c17-13-4-2-1-3-9(13)8-22-15(14(16(23)24)20-21-22)10-5-11(18)7-12(19)6-10/h1-7H,8H2,(H,23,24). The highest BCUT2D eigenvalue weighted by molar-refractivity contribution is 6.31. The van der Waals surface area contributed by atoms with Gasteiger partial charge in [-0.1, -0.05) is 35.0 Å². The van der Waals surface area contributed by atoms with Crippen molar-refractivity contribution in [2.45, 2.75) is 6.54 Å². The highest BCUT2D eigenvalue weighted by atomic mass is 35.5. The minimum absolute atomic E-state index is 0.000759. The molecule has 0 amide bonds. The highest BCUT2D eigenvalue weighted by Gasteiger charge is 2.22. The molecule has 0 aliphatic rings. The average Bonchev–Trinajstić information content (AvgIpc) is 2.92. The summed E-state index contributed by atoms with van der Waals surface area (Å²) >= 11 is 6.09. The van der Waals surface area contributed by atoms with Crippen molar-refractivity contribution < 1.29 is 18.7 Å². The van der Waals surface area contributed by atoms with Gasteiger partial charge in [-0.25, -0.2) is 18.3 Å². The molecule has 0 atom stereocenters. The maximum Gasteiger partial charge on any atom is 0.358 e. The van der Waals surface area contributed by atoms with Crippen molar-refractivity contribution in [1.29, 1.82) is 0 Å². The second-order valence-corrected chi connectivity index (χ2v) is 5.41. The Hall–Kier alpha value is -2.80. The van der Waals surface area contributed by atoms with Gasteiger partial charge in [0.15, 0.2) is 5.69 Å². The third-order valence-corrected chi connectivity index (χ3v) is 3.72. The van der Waals surface area contributed by atoms with Crippen molar-refractivity contribution >= 4 is 17.6 Å². The number of carboxylic acid groups (broad SMARTS) is 1. The second-order valence-electron chi connectivity index (χ2n) is 5.00. The summed E-state index contributed by atoms with van der Waals surface area (Å²) in [5.41, 5.74) is 0.300. The van der Waals surface area contributed by atoms with E-state index in [2.05, 4.69) is 10.3 Å². The van der Waals surface area contributed by atoms with Gasteiger partial charge in [-0.3, -0.25) is 0 Å². The SMILES string of the molecule is O=C(O)c1nnn(Cc2ccccc2Cl)c1-c1cc(F)cc(F)c1. The number of rotatable bonds is 4. The fourth-order valence-electron chi connectivity index (χ4n) is 2.33. The fraction of sp³-hybridized carbons (Fsp3) is 0.0625. The van der Waals surface area contributed by atoms with Crippen LogP contribution >= 0.6 is 11.6 Å². The zero-order chi connectivity index (χ0) is 17.3. The normalized spacial score (nSPS) is 10.8. The molecule has 1 heterocycles. The Bertz CT molecular complexity index is 907. The zero-order valence-electron chi connectivity index (χ0n) is 12.1. The number of nitrogens with zero attached hydrogens (tertiary/aromatic N) is 3. The molecule has 1 N–H and O–H groups in total. The molecule has 8 heteroatoms. The molecule has 0 unspecified atom stereocenters. The molecule has 5 nitrogen and oxygen atoms in total. The summed E-state index contributed by atoms with van der Waals surface area (Å²) in [6.07, 6.45) is 0. The summed E-state index contributed by atoms with van der Waals surface area (Å²) in [4.78, 5) is 11.4. The number of hydrogen-bond donors (Lipinski definition) is 1. The van der Waals surface area contributed by atoms with Gasteiger partial charge in [0.1, 0.15) is 17.3 Å². The van der Waals surface area contributed by atoms with Crippen LogP contribution in [0.3, 0.4) is 0 Å². The Morgan fingerprint density at radius 3 is 2.46 bits per heavy atom. The maximum absolute atomic E-state index is 13.5. The van der Waals surface area contributed by atoms with Gasteiger partial charge < -0.3 is 5.11 Å². The molecule has 0 aliphatic heterocycles. The summed E-state index contributed by atoms with van der Waals surface area (Å²) in [5, 5.41) is 17.1. The maximum atomic E-state index is 13.5. The number of halogens is 3. The van der Waals surface area contributed by atoms with E-state index in [-0.39, 0.29) is 17.8 Å². The van der Waals surface area contributed by atoms with Gasteiger partial charge in [0, 0.05) is 16.7 Å². The van der Waals surface area contributed by atoms with E-state index < -0.39 is 23.3 Å². The number of aromatic nitrogens is 3. The van der Waals surface area contributed by atoms with Crippen molar-refractivity contribution in [3.8, 4) is 11.3 Å².